The molecule has 0 aromatic heterocycles. The summed E-state index contributed by atoms with van der Waals surface area (Å²) < 4.78 is 1.21. The minimum Gasteiger partial charge on any atom is -0.0616 e. The molecule has 0 unspecified atom stereocenters. The van der Waals surface area contributed by atoms with Crippen molar-refractivity contribution in [2.45, 2.75) is 38.5 Å². The second-order valence-corrected chi connectivity index (χ2v) is 7.69. The number of fused-ring (bicyclic) bond motifs is 5. The number of hydrogen-bond acceptors (Lipinski definition) is 0. The zero-order valence-corrected chi connectivity index (χ0v) is 14.1. The Balaban J connectivity index is 2.21. The predicted molar refractivity (Wildman–Crippen MR) is 95.1 cm³/mol. The van der Waals surface area contributed by atoms with E-state index >= 15 is 0 Å². The van der Waals surface area contributed by atoms with Crippen molar-refractivity contribution in [1.82, 2.24) is 0 Å². The van der Waals surface area contributed by atoms with Crippen LogP contribution >= 0.6 is 15.9 Å². The van der Waals surface area contributed by atoms with Crippen LogP contribution in [0, 0.1) is 0 Å². The maximum atomic E-state index is 3.78. The lowest BCUT2D eigenvalue weighted by molar-refractivity contribution is 0.436. The molecule has 1 aliphatic rings. The van der Waals surface area contributed by atoms with E-state index in [-0.39, 0.29) is 5.41 Å². The van der Waals surface area contributed by atoms with Crippen LogP contribution in [0.3, 0.4) is 0 Å². The fraction of sp³-hybridized carbons (Fsp3) is 0.300. The molecule has 4 rings (SSSR count). The zero-order valence-electron chi connectivity index (χ0n) is 12.5. The molecule has 0 spiro atoms. The smallest absolute Gasteiger partial charge is 0.0260 e. The van der Waals surface area contributed by atoms with Crippen LogP contribution in [0.1, 0.15) is 37.8 Å². The summed E-state index contributed by atoms with van der Waals surface area (Å²) in [5, 5.41) is 5.48. The fourth-order valence-corrected chi connectivity index (χ4v) is 4.61. The summed E-state index contributed by atoms with van der Waals surface area (Å²) in [7, 11) is 0. The van der Waals surface area contributed by atoms with E-state index in [2.05, 4.69) is 72.2 Å². The summed E-state index contributed by atoms with van der Waals surface area (Å²) in [6.45, 7) is 4.79. The lowest BCUT2D eigenvalue weighted by atomic mass is 9.70. The van der Waals surface area contributed by atoms with Gasteiger partial charge in [0, 0.05) is 4.47 Å². The first kappa shape index (κ1) is 13.3. The van der Waals surface area contributed by atoms with Gasteiger partial charge in [0.1, 0.15) is 0 Å². The number of rotatable bonds is 0. The van der Waals surface area contributed by atoms with Crippen molar-refractivity contribution in [2.24, 2.45) is 0 Å². The molecule has 0 nitrogen and oxygen atoms in total. The van der Waals surface area contributed by atoms with Crippen LogP contribution in [0.2, 0.25) is 0 Å². The fourth-order valence-electron chi connectivity index (χ4n) is 4.03. The molecule has 0 heterocycles. The Labute approximate surface area is 134 Å². The van der Waals surface area contributed by atoms with Crippen molar-refractivity contribution >= 4 is 37.5 Å². The van der Waals surface area contributed by atoms with Crippen molar-refractivity contribution in [2.75, 3.05) is 0 Å². The Hall–Kier alpha value is -1.34. The van der Waals surface area contributed by atoms with E-state index in [9.17, 15) is 0 Å². The first-order chi connectivity index (χ1) is 10.1. The molecule has 1 aliphatic carbocycles. The van der Waals surface area contributed by atoms with Gasteiger partial charge in [0.2, 0.25) is 0 Å². The second-order valence-electron chi connectivity index (χ2n) is 6.84. The van der Waals surface area contributed by atoms with E-state index < -0.39 is 0 Å². The molecule has 0 fully saturated rings. The van der Waals surface area contributed by atoms with Gasteiger partial charge in [-0.1, -0.05) is 66.2 Å². The van der Waals surface area contributed by atoms with E-state index in [0.717, 1.165) is 0 Å². The molecular formula is C20H19Br. The first-order valence-electron chi connectivity index (χ1n) is 7.71. The highest BCUT2D eigenvalue weighted by molar-refractivity contribution is 9.10. The Morgan fingerprint density at radius 1 is 0.905 bits per heavy atom. The van der Waals surface area contributed by atoms with Gasteiger partial charge in [-0.05, 0) is 63.4 Å². The summed E-state index contributed by atoms with van der Waals surface area (Å²) in [5.41, 5.74) is 3.38. The summed E-state index contributed by atoms with van der Waals surface area (Å²) in [6.07, 6.45) is 3.81. The summed E-state index contributed by atoms with van der Waals surface area (Å²) >= 11 is 3.78. The van der Waals surface area contributed by atoms with Gasteiger partial charge in [0.15, 0.2) is 0 Å². The zero-order chi connectivity index (χ0) is 14.6. The van der Waals surface area contributed by atoms with Crippen LogP contribution in [0.4, 0.5) is 0 Å². The molecule has 0 bridgehead atoms. The van der Waals surface area contributed by atoms with E-state index in [1.54, 1.807) is 11.1 Å². The number of aryl methyl sites for hydroxylation is 1. The lowest BCUT2D eigenvalue weighted by Gasteiger charge is -2.34. The molecule has 0 saturated carbocycles. The van der Waals surface area contributed by atoms with Crippen molar-refractivity contribution in [3.05, 3.63) is 58.1 Å². The minimum absolute atomic E-state index is 0.273. The topological polar surface area (TPSA) is 0 Å². The molecule has 1 heteroatoms. The molecule has 106 valence electrons. The molecule has 3 aromatic rings. The Morgan fingerprint density at radius 2 is 1.62 bits per heavy atom. The summed E-state index contributed by atoms with van der Waals surface area (Å²) in [4.78, 5) is 0. The van der Waals surface area contributed by atoms with Gasteiger partial charge in [-0.2, -0.15) is 0 Å². The van der Waals surface area contributed by atoms with Gasteiger partial charge in [0.25, 0.3) is 0 Å². The largest absolute Gasteiger partial charge is 0.0616 e. The quantitative estimate of drug-likeness (QED) is 0.418. The third-order valence-corrected chi connectivity index (χ3v) is 5.66. The summed E-state index contributed by atoms with van der Waals surface area (Å²) in [6, 6.07) is 15.7. The van der Waals surface area contributed by atoms with Crippen molar-refractivity contribution in [3.63, 3.8) is 0 Å². The van der Waals surface area contributed by atoms with Crippen LogP contribution in [0.5, 0.6) is 0 Å². The molecule has 0 saturated heterocycles. The minimum atomic E-state index is 0.273. The lowest BCUT2D eigenvalue weighted by Crippen LogP contribution is -2.24. The van der Waals surface area contributed by atoms with Crippen LogP contribution < -0.4 is 0 Å². The molecule has 3 aromatic carbocycles. The van der Waals surface area contributed by atoms with Crippen molar-refractivity contribution < 1.29 is 0 Å². The van der Waals surface area contributed by atoms with Crippen LogP contribution in [-0.2, 0) is 11.8 Å². The Morgan fingerprint density at radius 3 is 2.43 bits per heavy atom. The van der Waals surface area contributed by atoms with Gasteiger partial charge in [-0.3, -0.25) is 0 Å². The molecule has 0 N–H and O–H groups in total. The van der Waals surface area contributed by atoms with Crippen molar-refractivity contribution in [1.29, 1.82) is 0 Å². The van der Waals surface area contributed by atoms with Gasteiger partial charge in [-0.25, -0.2) is 0 Å². The van der Waals surface area contributed by atoms with Crippen LogP contribution in [0.15, 0.2) is 46.9 Å². The Bertz CT molecular complexity index is 858. The van der Waals surface area contributed by atoms with E-state index in [1.165, 1.54) is 45.3 Å². The van der Waals surface area contributed by atoms with E-state index in [4.69, 9.17) is 0 Å². The Kier molecular flexibility index (Phi) is 2.91. The number of benzene rings is 3. The number of hydrogen-bond donors (Lipinski definition) is 0. The standard InChI is InChI=1S/C20H19Br/c1-20(2)11-5-6-13-9-10-15-14-7-3-4-8-16(14)18(21)12-17(15)19(13)20/h3-4,7-10,12H,5-6,11H2,1-2H3. The maximum Gasteiger partial charge on any atom is 0.0260 e. The average molecular weight is 339 g/mol. The molecule has 21 heavy (non-hydrogen) atoms. The second kappa shape index (κ2) is 4.58. The predicted octanol–water partition coefficient (Wildman–Crippen LogP) is 6.37. The van der Waals surface area contributed by atoms with Gasteiger partial charge < -0.3 is 0 Å². The van der Waals surface area contributed by atoms with Crippen LogP contribution in [-0.4, -0.2) is 0 Å². The highest BCUT2D eigenvalue weighted by Gasteiger charge is 2.29. The molecule has 0 aliphatic heterocycles. The maximum absolute atomic E-state index is 3.78. The van der Waals surface area contributed by atoms with Gasteiger partial charge in [-0.15, -0.1) is 0 Å². The highest BCUT2D eigenvalue weighted by atomic mass is 79.9. The van der Waals surface area contributed by atoms with E-state index in [0.29, 0.717) is 0 Å². The monoisotopic (exact) mass is 338 g/mol. The summed E-state index contributed by atoms with van der Waals surface area (Å²) in [5.74, 6) is 0. The van der Waals surface area contributed by atoms with Crippen LogP contribution in [0.25, 0.3) is 21.5 Å². The third-order valence-electron chi connectivity index (χ3n) is 5.00. The third kappa shape index (κ3) is 1.94. The molecular weight excluding hydrogens is 320 g/mol. The number of halogens is 1. The van der Waals surface area contributed by atoms with Gasteiger partial charge in [0.05, 0.1) is 0 Å². The highest BCUT2D eigenvalue weighted by Crippen LogP contribution is 2.43. The van der Waals surface area contributed by atoms with Gasteiger partial charge >= 0.3 is 0 Å². The van der Waals surface area contributed by atoms with E-state index in [1.807, 2.05) is 0 Å². The SMILES string of the molecule is CC1(C)CCCc2ccc3c(cc(Br)c4ccccc43)c21. The molecule has 0 radical (unpaired) electrons. The molecule has 0 amide bonds. The van der Waals surface area contributed by atoms with Crippen molar-refractivity contribution in [3.8, 4) is 0 Å². The molecule has 0 atom stereocenters. The normalized spacial score (nSPS) is 17.1. The average Bonchev–Trinajstić information content (AvgIpc) is 2.46. The first-order valence-corrected chi connectivity index (χ1v) is 8.50.